The van der Waals surface area contributed by atoms with Gasteiger partial charge in [-0.2, -0.15) is 4.31 Å². The van der Waals surface area contributed by atoms with Gasteiger partial charge < -0.3 is 5.32 Å². The Balaban J connectivity index is 2.14. The lowest BCUT2D eigenvalue weighted by atomic mass is 9.98. The van der Waals surface area contributed by atoms with Gasteiger partial charge in [-0.25, -0.2) is 21.6 Å². The van der Waals surface area contributed by atoms with Gasteiger partial charge in [-0.15, -0.1) is 0 Å². The van der Waals surface area contributed by atoms with Crippen molar-refractivity contribution in [2.45, 2.75) is 24.7 Å². The third-order valence-corrected chi connectivity index (χ3v) is 5.79. The van der Waals surface area contributed by atoms with Crippen LogP contribution in [0.5, 0.6) is 0 Å². The maximum absolute atomic E-state index is 13.7. The van der Waals surface area contributed by atoms with Gasteiger partial charge in [0.25, 0.3) is 0 Å². The molecule has 1 fully saturated rings. The first-order valence-corrected chi connectivity index (χ1v) is 8.66. The average molecular weight is 336 g/mol. The first-order chi connectivity index (χ1) is 10.4. The van der Waals surface area contributed by atoms with Crippen LogP contribution in [0.25, 0.3) is 0 Å². The van der Waals surface area contributed by atoms with Crippen molar-refractivity contribution in [1.29, 1.82) is 0 Å². The van der Waals surface area contributed by atoms with Gasteiger partial charge in [-0.3, -0.25) is 0 Å². The van der Waals surface area contributed by atoms with E-state index in [0.29, 0.717) is 24.8 Å². The molecule has 0 aromatic heterocycles. The maximum Gasteiger partial charge on any atom is 0.246 e. The van der Waals surface area contributed by atoms with E-state index >= 15 is 0 Å². The number of nitrogens with one attached hydrogen (secondary N) is 1. The zero-order valence-electron chi connectivity index (χ0n) is 12.3. The molecule has 4 nitrogen and oxygen atoms in total. The molecule has 124 valence electrons. The molecule has 1 heterocycles. The van der Waals surface area contributed by atoms with Gasteiger partial charge in [-0.05, 0) is 44.0 Å². The van der Waals surface area contributed by atoms with Crippen molar-refractivity contribution in [3.63, 3.8) is 0 Å². The van der Waals surface area contributed by atoms with Gasteiger partial charge in [0.2, 0.25) is 10.0 Å². The largest absolute Gasteiger partial charge is 0.317 e. The molecule has 0 aliphatic carbocycles. The lowest BCUT2D eigenvalue weighted by Gasteiger charge is -2.31. The second kappa shape index (κ2) is 6.97. The SMILES string of the molecule is CCNCC1CCN(S(=O)(=O)c2ccc(F)c(F)c2F)CC1. The highest BCUT2D eigenvalue weighted by Gasteiger charge is 2.32. The Morgan fingerprint density at radius 3 is 2.41 bits per heavy atom. The molecule has 0 saturated carbocycles. The van der Waals surface area contributed by atoms with Crippen LogP contribution in [0.3, 0.4) is 0 Å². The van der Waals surface area contributed by atoms with E-state index in [1.807, 2.05) is 6.92 Å². The fourth-order valence-electron chi connectivity index (χ4n) is 2.55. The molecule has 0 amide bonds. The molecular weight excluding hydrogens is 317 g/mol. The third kappa shape index (κ3) is 3.44. The van der Waals surface area contributed by atoms with Gasteiger partial charge >= 0.3 is 0 Å². The van der Waals surface area contributed by atoms with Crippen molar-refractivity contribution >= 4 is 10.0 Å². The molecule has 22 heavy (non-hydrogen) atoms. The second-order valence-corrected chi connectivity index (χ2v) is 7.23. The minimum Gasteiger partial charge on any atom is -0.317 e. The summed E-state index contributed by atoms with van der Waals surface area (Å²) in [6.45, 7) is 4.14. The normalized spacial score (nSPS) is 17.8. The van der Waals surface area contributed by atoms with Crippen LogP contribution in [0.15, 0.2) is 17.0 Å². The van der Waals surface area contributed by atoms with Crippen molar-refractivity contribution in [3.8, 4) is 0 Å². The Morgan fingerprint density at radius 2 is 1.82 bits per heavy atom. The van der Waals surface area contributed by atoms with E-state index in [1.54, 1.807) is 0 Å². The Hall–Kier alpha value is -1.12. The molecule has 1 aliphatic rings. The standard InChI is InChI=1S/C14H19F3N2O2S/c1-2-18-9-10-5-7-19(8-6-10)22(20,21)12-4-3-11(15)13(16)14(12)17/h3-4,10,18H,2,5-9H2,1H3. The van der Waals surface area contributed by atoms with Crippen LogP contribution in [0.4, 0.5) is 13.2 Å². The highest BCUT2D eigenvalue weighted by molar-refractivity contribution is 7.89. The topological polar surface area (TPSA) is 49.4 Å². The lowest BCUT2D eigenvalue weighted by Crippen LogP contribution is -2.41. The van der Waals surface area contributed by atoms with E-state index in [0.717, 1.165) is 23.5 Å². The first-order valence-electron chi connectivity index (χ1n) is 7.22. The van der Waals surface area contributed by atoms with E-state index in [4.69, 9.17) is 0 Å². The van der Waals surface area contributed by atoms with Crippen LogP contribution in [-0.4, -0.2) is 38.9 Å². The molecule has 8 heteroatoms. The minimum atomic E-state index is -4.14. The molecule has 1 aromatic rings. The molecule has 0 spiro atoms. The number of hydrogen-bond donors (Lipinski definition) is 1. The number of benzene rings is 1. The predicted octanol–water partition coefficient (Wildman–Crippen LogP) is 2.11. The second-order valence-electron chi connectivity index (χ2n) is 5.33. The van der Waals surface area contributed by atoms with Crippen molar-refractivity contribution in [2.24, 2.45) is 5.92 Å². The summed E-state index contributed by atoms with van der Waals surface area (Å²) in [5.41, 5.74) is 0. The molecule has 0 unspecified atom stereocenters. The number of halogens is 3. The lowest BCUT2D eigenvalue weighted by molar-refractivity contribution is 0.267. The summed E-state index contributed by atoms with van der Waals surface area (Å²) in [5.74, 6) is -4.46. The Kier molecular flexibility index (Phi) is 5.46. The fraction of sp³-hybridized carbons (Fsp3) is 0.571. The fourth-order valence-corrected chi connectivity index (χ4v) is 4.07. The zero-order valence-corrected chi connectivity index (χ0v) is 13.1. The molecule has 0 radical (unpaired) electrons. The van der Waals surface area contributed by atoms with Gasteiger partial charge in [0.1, 0.15) is 4.90 Å². The highest BCUT2D eigenvalue weighted by atomic mass is 32.2. The predicted molar refractivity (Wildman–Crippen MR) is 76.3 cm³/mol. The van der Waals surface area contributed by atoms with Crippen molar-refractivity contribution in [2.75, 3.05) is 26.2 Å². The monoisotopic (exact) mass is 336 g/mol. The minimum absolute atomic E-state index is 0.247. The summed E-state index contributed by atoms with van der Waals surface area (Å²) in [7, 11) is -4.14. The van der Waals surface area contributed by atoms with E-state index < -0.39 is 32.4 Å². The first kappa shape index (κ1) is 17.2. The number of piperidine rings is 1. The number of rotatable bonds is 5. The summed E-state index contributed by atoms with van der Waals surface area (Å²) >= 11 is 0. The molecule has 1 N–H and O–H groups in total. The molecule has 1 aliphatic heterocycles. The average Bonchev–Trinajstić information content (AvgIpc) is 2.51. The summed E-state index contributed by atoms with van der Waals surface area (Å²) in [4.78, 5) is -0.809. The Labute approximate surface area is 128 Å². The van der Waals surface area contributed by atoms with Crippen molar-refractivity contribution in [3.05, 3.63) is 29.6 Å². The molecule has 2 rings (SSSR count). The molecular formula is C14H19F3N2O2S. The summed E-state index contributed by atoms with van der Waals surface area (Å²) in [5, 5.41) is 3.21. The zero-order chi connectivity index (χ0) is 16.3. The third-order valence-electron chi connectivity index (χ3n) is 3.87. The smallest absolute Gasteiger partial charge is 0.246 e. The summed E-state index contributed by atoms with van der Waals surface area (Å²) in [6.07, 6.45) is 1.30. The number of sulfonamides is 1. The summed E-state index contributed by atoms with van der Waals surface area (Å²) in [6, 6.07) is 1.40. The van der Waals surface area contributed by atoms with E-state index in [-0.39, 0.29) is 13.1 Å². The molecule has 1 aromatic carbocycles. The number of nitrogens with zero attached hydrogens (tertiary/aromatic N) is 1. The van der Waals surface area contributed by atoms with Crippen LogP contribution >= 0.6 is 0 Å². The van der Waals surface area contributed by atoms with Gasteiger partial charge in [0.05, 0.1) is 0 Å². The van der Waals surface area contributed by atoms with E-state index in [2.05, 4.69) is 5.32 Å². The highest BCUT2D eigenvalue weighted by Crippen LogP contribution is 2.26. The van der Waals surface area contributed by atoms with Crippen LogP contribution in [0, 0.1) is 23.4 Å². The van der Waals surface area contributed by atoms with Crippen LogP contribution in [0.1, 0.15) is 19.8 Å². The Bertz CT molecular complexity index is 629. The van der Waals surface area contributed by atoms with E-state index in [9.17, 15) is 21.6 Å². The molecule has 0 atom stereocenters. The van der Waals surface area contributed by atoms with E-state index in [1.165, 1.54) is 0 Å². The summed E-state index contributed by atoms with van der Waals surface area (Å²) < 4.78 is 65.8. The Morgan fingerprint density at radius 1 is 1.18 bits per heavy atom. The molecule has 1 saturated heterocycles. The van der Waals surface area contributed by atoms with Gasteiger partial charge in [-0.1, -0.05) is 6.92 Å². The number of hydrogen-bond acceptors (Lipinski definition) is 3. The van der Waals surface area contributed by atoms with Crippen molar-refractivity contribution in [1.82, 2.24) is 9.62 Å². The van der Waals surface area contributed by atoms with Gasteiger partial charge in [0, 0.05) is 13.1 Å². The van der Waals surface area contributed by atoms with Crippen LogP contribution < -0.4 is 5.32 Å². The van der Waals surface area contributed by atoms with Crippen LogP contribution in [-0.2, 0) is 10.0 Å². The van der Waals surface area contributed by atoms with Gasteiger partial charge in [0.15, 0.2) is 17.5 Å². The van der Waals surface area contributed by atoms with Crippen LogP contribution in [0.2, 0.25) is 0 Å². The molecule has 0 bridgehead atoms. The van der Waals surface area contributed by atoms with Crippen molar-refractivity contribution < 1.29 is 21.6 Å². The quantitative estimate of drug-likeness (QED) is 0.838. The maximum atomic E-state index is 13.7.